The molecule has 1 aliphatic heterocycles. The van der Waals surface area contributed by atoms with E-state index >= 15 is 0 Å². The molecule has 1 fully saturated rings. The lowest BCUT2D eigenvalue weighted by molar-refractivity contribution is -0.0275. The largest absolute Gasteiger partial charge is 0.394 e. The van der Waals surface area contributed by atoms with Crippen molar-refractivity contribution in [3.05, 3.63) is 43.0 Å². The van der Waals surface area contributed by atoms with Crippen LogP contribution in [0.25, 0.3) is 10.4 Å². The third-order valence-corrected chi connectivity index (χ3v) is 4.20. The molecule has 1 aromatic rings. The summed E-state index contributed by atoms with van der Waals surface area (Å²) in [6.07, 6.45) is -0.115. The van der Waals surface area contributed by atoms with Gasteiger partial charge in [0.05, 0.1) is 23.2 Å². The van der Waals surface area contributed by atoms with Crippen LogP contribution < -0.4 is 11.2 Å². The van der Waals surface area contributed by atoms with E-state index in [1.807, 2.05) is 0 Å². The minimum absolute atomic E-state index is 0.0253. The molecule has 11 heteroatoms. The van der Waals surface area contributed by atoms with Crippen LogP contribution >= 0.6 is 22.6 Å². The molecule has 124 valence electrons. The average Bonchev–Trinajstić information content (AvgIpc) is 2.94. The molecule has 1 saturated heterocycles. The zero-order valence-corrected chi connectivity index (χ0v) is 14.3. The highest BCUT2D eigenvalue weighted by molar-refractivity contribution is 14.1. The third kappa shape index (κ3) is 3.32. The number of aryl methyl sites for hydroxylation is 1. The predicted octanol–water partition coefficient (Wildman–Crippen LogP) is 0.352. The van der Waals surface area contributed by atoms with Crippen LogP contribution in [0.1, 0.15) is 23.0 Å². The van der Waals surface area contributed by atoms with Gasteiger partial charge in [-0.2, -0.15) is 4.57 Å². The van der Waals surface area contributed by atoms with Gasteiger partial charge in [-0.3, -0.25) is 14.2 Å². The average molecular weight is 435 g/mol. The summed E-state index contributed by atoms with van der Waals surface area (Å²) in [6, 6.07) is -0.636. The number of halogens is 1. The highest BCUT2D eigenvalue weighted by atomic mass is 127. The summed E-state index contributed by atoms with van der Waals surface area (Å²) in [5.41, 5.74) is 7.27. The molecular weight excluding hydrogens is 421 g/mol. The van der Waals surface area contributed by atoms with Gasteiger partial charge in [0.25, 0.3) is 5.56 Å². The van der Waals surface area contributed by atoms with Crippen molar-refractivity contribution in [3.8, 4) is 0 Å². The molecule has 0 amide bonds. The first-order valence-electron chi connectivity index (χ1n) is 6.69. The van der Waals surface area contributed by atoms with E-state index in [1.165, 1.54) is 13.1 Å². The molecule has 0 aliphatic carbocycles. The molecule has 2 rings (SSSR count). The Morgan fingerprint density at radius 1 is 1.61 bits per heavy atom. The van der Waals surface area contributed by atoms with Crippen molar-refractivity contribution < 1.29 is 14.6 Å². The van der Waals surface area contributed by atoms with Gasteiger partial charge in [0.1, 0.15) is 6.23 Å². The first-order valence-corrected chi connectivity index (χ1v) is 8.21. The Hall–Kier alpha value is -1.69. The normalized spacial score (nSPS) is 23.5. The van der Waals surface area contributed by atoms with E-state index in [1.54, 1.807) is 22.6 Å². The lowest BCUT2D eigenvalue weighted by Gasteiger charge is -2.16. The molecule has 0 aromatic carbocycles. The summed E-state index contributed by atoms with van der Waals surface area (Å²) in [5, 5.41) is 12.8. The maximum Gasteiger partial charge on any atom is 0.340 e. The molecule has 1 aliphatic rings. The van der Waals surface area contributed by atoms with E-state index in [0.29, 0.717) is 4.57 Å². The number of carbonyl (C=O) groups is 1. The van der Waals surface area contributed by atoms with Crippen molar-refractivity contribution in [2.75, 3.05) is 11.0 Å². The van der Waals surface area contributed by atoms with Crippen molar-refractivity contribution in [1.29, 1.82) is 0 Å². The fourth-order valence-electron chi connectivity index (χ4n) is 2.42. The molecule has 0 radical (unpaired) electrons. The molecule has 1 aromatic heterocycles. The second-order valence-electron chi connectivity index (χ2n) is 4.99. The van der Waals surface area contributed by atoms with Gasteiger partial charge in [-0.15, -0.1) is 0 Å². The van der Waals surface area contributed by atoms with Crippen LogP contribution in [-0.4, -0.2) is 43.3 Å². The number of alkyl halides is 1. The first-order chi connectivity index (χ1) is 10.9. The number of hydrogen-bond donors (Lipinski definition) is 1. The topological polar surface area (TPSA) is 139 Å². The van der Waals surface area contributed by atoms with Gasteiger partial charge in [-0.25, -0.2) is 4.79 Å². The Bertz CT molecular complexity index is 781. The number of azide groups is 1. The SMILES string of the molecule is Cc1cn([C@H]2C[C@H](N=[N+]=[N-])[C@@H](CO)O2)c(=O)n(C(=O)CI)c1=O. The van der Waals surface area contributed by atoms with Crippen LogP contribution in [0.4, 0.5) is 0 Å². The molecule has 2 heterocycles. The molecule has 0 saturated carbocycles. The number of aliphatic hydroxyl groups is 1. The van der Waals surface area contributed by atoms with Gasteiger partial charge in [0, 0.05) is 23.1 Å². The minimum Gasteiger partial charge on any atom is -0.394 e. The number of carbonyl (C=O) groups excluding carboxylic acids is 1. The summed E-state index contributed by atoms with van der Waals surface area (Å²) >= 11 is 1.77. The van der Waals surface area contributed by atoms with Gasteiger partial charge in [0.15, 0.2) is 0 Å². The minimum atomic E-state index is -0.831. The maximum atomic E-state index is 12.4. The summed E-state index contributed by atoms with van der Waals surface area (Å²) in [7, 11) is 0. The Morgan fingerprint density at radius 3 is 2.87 bits per heavy atom. The molecular formula is C12H14IN5O5. The molecule has 3 atom stereocenters. The van der Waals surface area contributed by atoms with Crippen LogP contribution in [-0.2, 0) is 4.74 Å². The molecule has 0 unspecified atom stereocenters. The van der Waals surface area contributed by atoms with Gasteiger partial charge >= 0.3 is 5.69 Å². The molecule has 0 spiro atoms. The van der Waals surface area contributed by atoms with Crippen molar-refractivity contribution in [2.24, 2.45) is 5.11 Å². The van der Waals surface area contributed by atoms with E-state index in [9.17, 15) is 19.5 Å². The van der Waals surface area contributed by atoms with Crippen LogP contribution in [0.15, 0.2) is 20.9 Å². The van der Waals surface area contributed by atoms with Crippen LogP contribution in [0.5, 0.6) is 0 Å². The number of aliphatic hydroxyl groups excluding tert-OH is 1. The first kappa shape index (κ1) is 17.7. The summed E-state index contributed by atoms with van der Waals surface area (Å²) in [6.45, 7) is 1.11. The molecule has 0 bridgehead atoms. The van der Waals surface area contributed by atoms with Gasteiger partial charge < -0.3 is 9.84 Å². The van der Waals surface area contributed by atoms with E-state index in [0.717, 1.165) is 4.57 Å². The van der Waals surface area contributed by atoms with Crippen molar-refractivity contribution in [2.45, 2.75) is 31.7 Å². The third-order valence-electron chi connectivity index (χ3n) is 3.54. The second kappa shape index (κ2) is 7.25. The van der Waals surface area contributed by atoms with Crippen molar-refractivity contribution in [1.82, 2.24) is 9.13 Å². The van der Waals surface area contributed by atoms with Crippen molar-refractivity contribution in [3.63, 3.8) is 0 Å². The number of aromatic nitrogens is 2. The van der Waals surface area contributed by atoms with Gasteiger partial charge in [-0.05, 0) is 12.5 Å². The number of ether oxygens (including phenoxy) is 1. The van der Waals surface area contributed by atoms with Crippen LogP contribution in [0, 0.1) is 6.92 Å². The van der Waals surface area contributed by atoms with Gasteiger partial charge in [-0.1, -0.05) is 27.7 Å². The van der Waals surface area contributed by atoms with E-state index in [-0.39, 0.29) is 23.0 Å². The number of nitrogens with zero attached hydrogens (tertiary/aromatic N) is 5. The highest BCUT2D eigenvalue weighted by Gasteiger charge is 2.36. The summed E-state index contributed by atoms with van der Waals surface area (Å²) < 4.78 is 7.19. The molecule has 23 heavy (non-hydrogen) atoms. The lowest BCUT2D eigenvalue weighted by atomic mass is 10.1. The Labute approximate surface area is 143 Å². The van der Waals surface area contributed by atoms with Crippen LogP contribution in [0.2, 0.25) is 0 Å². The smallest absolute Gasteiger partial charge is 0.340 e. The van der Waals surface area contributed by atoms with Crippen molar-refractivity contribution >= 4 is 28.5 Å². The summed E-state index contributed by atoms with van der Waals surface area (Å²) in [5.74, 6) is -0.624. The van der Waals surface area contributed by atoms with E-state index < -0.39 is 35.5 Å². The zero-order chi connectivity index (χ0) is 17.1. The molecule has 10 nitrogen and oxygen atoms in total. The van der Waals surface area contributed by atoms with Gasteiger partial charge in [0.2, 0.25) is 5.91 Å². The lowest BCUT2D eigenvalue weighted by Crippen LogP contribution is -2.45. The quantitative estimate of drug-likeness (QED) is 0.239. The number of hydrogen-bond acceptors (Lipinski definition) is 6. The highest BCUT2D eigenvalue weighted by Crippen LogP contribution is 2.29. The Morgan fingerprint density at radius 2 is 2.30 bits per heavy atom. The fraction of sp³-hybridized carbons (Fsp3) is 0.583. The van der Waals surface area contributed by atoms with Crippen LogP contribution in [0.3, 0.4) is 0 Å². The monoisotopic (exact) mass is 435 g/mol. The predicted molar refractivity (Wildman–Crippen MR) is 87.8 cm³/mol. The summed E-state index contributed by atoms with van der Waals surface area (Å²) in [4.78, 5) is 39.0. The molecule has 1 N–H and O–H groups in total. The second-order valence-corrected chi connectivity index (χ2v) is 5.75. The zero-order valence-electron chi connectivity index (χ0n) is 12.1. The number of rotatable bonds is 4. The standard InChI is InChI=1S/C12H14IN5O5/c1-6-4-17(12(22)18(11(6)21)9(20)3-13)10-2-7(15-16-14)8(5-19)23-10/h4,7-8,10,19H,2-3,5H2,1H3/t7-,8+,10+/m0/s1. The fourth-order valence-corrected chi connectivity index (χ4v) is 2.76. The maximum absolute atomic E-state index is 12.4. The Balaban J connectivity index is 2.51. The van der Waals surface area contributed by atoms with E-state index in [4.69, 9.17) is 10.3 Å². The van der Waals surface area contributed by atoms with E-state index in [2.05, 4.69) is 10.0 Å². The Kier molecular flexibility index (Phi) is 5.57.